The van der Waals surface area contributed by atoms with Crippen LogP contribution in [0.25, 0.3) is 0 Å². The van der Waals surface area contributed by atoms with Crippen molar-refractivity contribution < 1.29 is 14.2 Å². The average molecular weight is 255 g/mol. The molecule has 0 aliphatic rings. The molecular weight excluding hydrogens is 236 g/mol. The van der Waals surface area contributed by atoms with Crippen LogP contribution in [-0.4, -0.2) is 30.6 Å². The fourth-order valence-electron chi connectivity index (χ4n) is 1.07. The van der Waals surface area contributed by atoms with E-state index in [9.17, 15) is 0 Å². The smallest absolute Gasteiger partial charge is 0.295 e. The third kappa shape index (κ3) is 3.94. The van der Waals surface area contributed by atoms with Crippen LogP contribution in [0.15, 0.2) is 0 Å². The van der Waals surface area contributed by atoms with E-state index >= 15 is 0 Å². The molecule has 0 aliphatic carbocycles. The number of ether oxygens (including phenoxy) is 3. The van der Waals surface area contributed by atoms with Gasteiger partial charge in [-0.3, -0.25) is 0 Å². The molecule has 0 aromatic rings. The zero-order chi connectivity index (χ0) is 10.3. The van der Waals surface area contributed by atoms with Crippen molar-refractivity contribution in [3.63, 3.8) is 0 Å². The van der Waals surface area contributed by atoms with E-state index in [0.717, 1.165) is 0 Å². The summed E-state index contributed by atoms with van der Waals surface area (Å²) in [6.45, 7) is 9.40. The number of rotatable bonds is 7. The van der Waals surface area contributed by atoms with E-state index < -0.39 is 5.97 Å². The molecule has 0 aromatic heterocycles. The topological polar surface area (TPSA) is 27.7 Å². The molecule has 0 spiro atoms. The third-order valence-electron chi connectivity index (χ3n) is 1.52. The third-order valence-corrected chi connectivity index (χ3v) is 2.08. The molecule has 0 saturated heterocycles. The lowest BCUT2D eigenvalue weighted by molar-refractivity contribution is -0.373. The molecule has 0 unspecified atom stereocenters. The lowest BCUT2D eigenvalue weighted by Gasteiger charge is -2.34. The average Bonchev–Trinajstić information content (AvgIpc) is 2.05. The summed E-state index contributed by atoms with van der Waals surface area (Å²) in [5.41, 5.74) is 0. The maximum absolute atomic E-state index is 5.48. The molecule has 0 heterocycles. The van der Waals surface area contributed by atoms with Crippen LogP contribution in [0.1, 0.15) is 27.7 Å². The first-order valence-corrected chi connectivity index (χ1v) is 5.60. The van der Waals surface area contributed by atoms with Crippen LogP contribution in [0.2, 0.25) is 0 Å². The fourth-order valence-corrected chi connectivity index (χ4v) is 1.47. The highest BCUT2D eigenvalue weighted by Gasteiger charge is 2.37. The monoisotopic (exact) mass is 254 g/mol. The molecule has 13 heavy (non-hydrogen) atoms. The van der Waals surface area contributed by atoms with Crippen molar-refractivity contribution in [3.8, 4) is 0 Å². The molecule has 3 nitrogen and oxygen atoms in total. The standard InChI is InChI=1S/C9H19BrO3/c1-5-11-9(8(4)10,12-6-2)13-7-3/h8H,5-7H2,1-4H3/t8-/m1/s1. The van der Waals surface area contributed by atoms with Crippen molar-refractivity contribution in [2.24, 2.45) is 0 Å². The summed E-state index contributed by atoms with van der Waals surface area (Å²) in [5, 5.41) is 0. The minimum absolute atomic E-state index is 0.000139. The summed E-state index contributed by atoms with van der Waals surface area (Å²) in [6, 6.07) is 0. The molecule has 0 fully saturated rings. The van der Waals surface area contributed by atoms with E-state index in [0.29, 0.717) is 19.8 Å². The van der Waals surface area contributed by atoms with Crippen molar-refractivity contribution in [2.45, 2.75) is 38.5 Å². The summed E-state index contributed by atoms with van der Waals surface area (Å²) >= 11 is 3.43. The second-order valence-corrected chi connectivity index (χ2v) is 3.89. The van der Waals surface area contributed by atoms with E-state index in [1.165, 1.54) is 0 Å². The number of alkyl halides is 1. The van der Waals surface area contributed by atoms with Crippen LogP contribution >= 0.6 is 15.9 Å². The normalized spacial score (nSPS) is 14.5. The molecule has 0 aliphatic heterocycles. The van der Waals surface area contributed by atoms with Crippen molar-refractivity contribution in [2.75, 3.05) is 19.8 Å². The number of hydrogen-bond donors (Lipinski definition) is 0. The van der Waals surface area contributed by atoms with Gasteiger partial charge >= 0.3 is 0 Å². The Morgan fingerprint density at radius 2 is 1.31 bits per heavy atom. The predicted molar refractivity (Wildman–Crippen MR) is 56.0 cm³/mol. The lowest BCUT2D eigenvalue weighted by atomic mass is 10.4. The zero-order valence-electron chi connectivity index (χ0n) is 8.80. The summed E-state index contributed by atoms with van der Waals surface area (Å²) in [6.07, 6.45) is 0. The maximum Gasteiger partial charge on any atom is 0.295 e. The number of hydrogen-bond acceptors (Lipinski definition) is 3. The van der Waals surface area contributed by atoms with Gasteiger partial charge in [-0.1, -0.05) is 15.9 Å². The summed E-state index contributed by atoms with van der Waals surface area (Å²) in [4.78, 5) is -0.000139. The van der Waals surface area contributed by atoms with Gasteiger partial charge in [0, 0.05) is 19.8 Å². The molecule has 0 saturated carbocycles. The van der Waals surface area contributed by atoms with Crippen molar-refractivity contribution >= 4 is 15.9 Å². The van der Waals surface area contributed by atoms with Gasteiger partial charge in [-0.15, -0.1) is 0 Å². The molecule has 4 heteroatoms. The summed E-state index contributed by atoms with van der Waals surface area (Å²) in [7, 11) is 0. The maximum atomic E-state index is 5.48. The minimum Gasteiger partial charge on any atom is -0.327 e. The molecule has 0 rings (SSSR count). The van der Waals surface area contributed by atoms with Gasteiger partial charge in [0.05, 0.1) is 4.83 Å². The molecule has 0 bridgehead atoms. The molecule has 0 amide bonds. The van der Waals surface area contributed by atoms with Crippen LogP contribution in [0.5, 0.6) is 0 Å². The highest BCUT2D eigenvalue weighted by Crippen LogP contribution is 2.25. The van der Waals surface area contributed by atoms with Crippen molar-refractivity contribution in [1.82, 2.24) is 0 Å². The Bertz CT molecular complexity index is 111. The Hall–Kier alpha value is 0.360. The molecule has 1 atom stereocenters. The largest absolute Gasteiger partial charge is 0.327 e. The lowest BCUT2D eigenvalue weighted by Crippen LogP contribution is -2.46. The summed E-state index contributed by atoms with van der Waals surface area (Å²) in [5.74, 6) is -0.932. The van der Waals surface area contributed by atoms with Crippen LogP contribution in [0.3, 0.4) is 0 Å². The van der Waals surface area contributed by atoms with Crippen LogP contribution < -0.4 is 0 Å². The van der Waals surface area contributed by atoms with Crippen molar-refractivity contribution in [3.05, 3.63) is 0 Å². The van der Waals surface area contributed by atoms with Gasteiger partial charge in [0.25, 0.3) is 5.97 Å². The van der Waals surface area contributed by atoms with Gasteiger partial charge < -0.3 is 14.2 Å². The van der Waals surface area contributed by atoms with E-state index in [4.69, 9.17) is 14.2 Å². The molecule has 0 aromatic carbocycles. The second kappa shape index (κ2) is 6.76. The van der Waals surface area contributed by atoms with Crippen LogP contribution in [0, 0.1) is 0 Å². The van der Waals surface area contributed by atoms with Crippen molar-refractivity contribution in [1.29, 1.82) is 0 Å². The van der Waals surface area contributed by atoms with Crippen LogP contribution in [-0.2, 0) is 14.2 Å². The molecule has 0 radical (unpaired) electrons. The highest BCUT2D eigenvalue weighted by molar-refractivity contribution is 9.09. The first kappa shape index (κ1) is 13.4. The first-order valence-electron chi connectivity index (χ1n) is 4.68. The van der Waals surface area contributed by atoms with Crippen LogP contribution in [0.4, 0.5) is 0 Å². The molecule has 0 N–H and O–H groups in total. The second-order valence-electron chi connectivity index (χ2n) is 2.52. The molecular formula is C9H19BrO3. The SMILES string of the molecule is CCOC(OCC)(OCC)[C@@H](C)Br. The van der Waals surface area contributed by atoms with Gasteiger partial charge in [0.2, 0.25) is 0 Å². The Labute approximate surface area is 88.9 Å². The van der Waals surface area contributed by atoms with Gasteiger partial charge in [0.15, 0.2) is 0 Å². The zero-order valence-corrected chi connectivity index (χ0v) is 10.4. The highest BCUT2D eigenvalue weighted by atomic mass is 79.9. The van der Waals surface area contributed by atoms with Gasteiger partial charge in [-0.05, 0) is 27.7 Å². The van der Waals surface area contributed by atoms with E-state index in [2.05, 4.69) is 15.9 Å². The Morgan fingerprint density at radius 3 is 1.46 bits per heavy atom. The Morgan fingerprint density at radius 1 is 1.00 bits per heavy atom. The quantitative estimate of drug-likeness (QED) is 0.517. The Kier molecular flexibility index (Phi) is 6.95. The molecule has 80 valence electrons. The van der Waals surface area contributed by atoms with E-state index in [-0.39, 0.29) is 4.83 Å². The Balaban J connectivity index is 4.38. The van der Waals surface area contributed by atoms with Gasteiger partial charge in [0.1, 0.15) is 0 Å². The van der Waals surface area contributed by atoms with Gasteiger partial charge in [-0.25, -0.2) is 0 Å². The van der Waals surface area contributed by atoms with E-state index in [1.54, 1.807) is 0 Å². The number of halogens is 1. The fraction of sp³-hybridized carbons (Fsp3) is 1.00. The van der Waals surface area contributed by atoms with Gasteiger partial charge in [-0.2, -0.15) is 0 Å². The first-order chi connectivity index (χ1) is 6.13. The predicted octanol–water partition coefficient (Wildman–Crippen LogP) is 2.53. The minimum atomic E-state index is -0.932. The van der Waals surface area contributed by atoms with E-state index in [1.807, 2.05) is 27.7 Å². The summed E-state index contributed by atoms with van der Waals surface area (Å²) < 4.78 is 16.4.